The van der Waals surface area contributed by atoms with Crippen LogP contribution in [0.25, 0.3) is 22.3 Å². The van der Waals surface area contributed by atoms with E-state index in [-0.39, 0.29) is 10.8 Å². The molecule has 0 heterocycles. The summed E-state index contributed by atoms with van der Waals surface area (Å²) in [5.41, 5.74) is 26.4. The molecular weight excluding hydrogens is 436 g/mol. The van der Waals surface area contributed by atoms with Gasteiger partial charge in [0.05, 0.1) is 0 Å². The maximum atomic E-state index is 6.32. The third kappa shape index (κ3) is 4.22. The lowest BCUT2D eigenvalue weighted by Gasteiger charge is -2.22. The molecule has 0 unspecified atom stereocenters. The van der Waals surface area contributed by atoms with Gasteiger partial charge in [-0.05, 0) is 96.8 Å². The van der Waals surface area contributed by atoms with E-state index in [9.17, 15) is 0 Å². The lowest BCUT2D eigenvalue weighted by Crippen LogP contribution is -2.11. The van der Waals surface area contributed by atoms with Crippen molar-refractivity contribution in [2.24, 2.45) is 0 Å². The highest BCUT2D eigenvalue weighted by Gasteiger charge is 2.30. The minimum atomic E-state index is 0.0417. The molecule has 2 heteroatoms. The Morgan fingerprint density at radius 1 is 0.500 bits per heavy atom. The largest absolute Gasteiger partial charge is 0.399 e. The maximum absolute atomic E-state index is 6.32. The summed E-state index contributed by atoms with van der Waals surface area (Å²) < 4.78 is 0. The lowest BCUT2D eigenvalue weighted by molar-refractivity contribution is 0.590. The van der Waals surface area contributed by atoms with Crippen LogP contribution in [0.15, 0.2) is 84.9 Å². The quantitative estimate of drug-likeness (QED) is 0.253. The monoisotopic (exact) mass is 472 g/mol. The summed E-state index contributed by atoms with van der Waals surface area (Å²) in [4.78, 5) is 0. The summed E-state index contributed by atoms with van der Waals surface area (Å²) in [6, 6.07) is 30.5. The van der Waals surface area contributed by atoms with Gasteiger partial charge in [0.1, 0.15) is 0 Å². The smallest absolute Gasteiger partial charge is 0.0340 e. The van der Waals surface area contributed by atoms with Crippen molar-refractivity contribution in [2.45, 2.75) is 52.4 Å². The molecular formula is C34H36N2. The molecule has 0 atom stereocenters. The van der Waals surface area contributed by atoms with Gasteiger partial charge in [-0.3, -0.25) is 0 Å². The minimum absolute atomic E-state index is 0.0417. The predicted molar refractivity (Wildman–Crippen MR) is 156 cm³/mol. The summed E-state index contributed by atoms with van der Waals surface area (Å²) >= 11 is 0. The number of nitrogen functional groups attached to an aromatic ring is 2. The van der Waals surface area contributed by atoms with Gasteiger partial charge in [-0.1, -0.05) is 96.1 Å². The number of hydrogen-bond donors (Lipinski definition) is 2. The van der Waals surface area contributed by atoms with Crippen LogP contribution in [0.3, 0.4) is 0 Å². The molecule has 4 aromatic carbocycles. The molecule has 0 saturated carbocycles. The van der Waals surface area contributed by atoms with Crippen LogP contribution in [-0.4, -0.2) is 0 Å². The highest BCUT2D eigenvalue weighted by atomic mass is 14.6. The first-order valence-corrected chi connectivity index (χ1v) is 12.7. The molecule has 0 bridgehead atoms. The van der Waals surface area contributed by atoms with Crippen molar-refractivity contribution in [1.29, 1.82) is 0 Å². The van der Waals surface area contributed by atoms with Gasteiger partial charge >= 0.3 is 0 Å². The Hall–Kier alpha value is -3.78. The fourth-order valence-electron chi connectivity index (χ4n) is 5.20. The summed E-state index contributed by atoms with van der Waals surface area (Å²) in [5.74, 6) is 0. The molecule has 36 heavy (non-hydrogen) atoms. The highest BCUT2D eigenvalue weighted by Crippen LogP contribution is 2.51. The van der Waals surface area contributed by atoms with Gasteiger partial charge in [0.2, 0.25) is 0 Å². The summed E-state index contributed by atoms with van der Waals surface area (Å²) in [6.45, 7) is 13.6. The Morgan fingerprint density at radius 2 is 0.972 bits per heavy atom. The third-order valence-corrected chi connectivity index (χ3v) is 7.18. The minimum Gasteiger partial charge on any atom is -0.399 e. The van der Waals surface area contributed by atoms with Crippen LogP contribution in [0.2, 0.25) is 0 Å². The van der Waals surface area contributed by atoms with Crippen LogP contribution in [0, 0.1) is 0 Å². The normalized spacial score (nSPS) is 12.9. The summed E-state index contributed by atoms with van der Waals surface area (Å²) in [5, 5.41) is 0. The molecule has 0 aliphatic heterocycles. The van der Waals surface area contributed by atoms with Crippen molar-refractivity contribution in [1.82, 2.24) is 0 Å². The number of benzene rings is 4. The van der Waals surface area contributed by atoms with Crippen LogP contribution in [0.5, 0.6) is 0 Å². The van der Waals surface area contributed by atoms with Crippen LogP contribution in [0.4, 0.5) is 11.4 Å². The van der Waals surface area contributed by atoms with Gasteiger partial charge in [0.25, 0.3) is 0 Å². The first kappa shape index (κ1) is 23.9. The zero-order chi connectivity index (χ0) is 25.8. The van der Waals surface area contributed by atoms with Gasteiger partial charge in [-0.25, -0.2) is 0 Å². The van der Waals surface area contributed by atoms with Gasteiger partial charge in [0.15, 0.2) is 0 Å². The highest BCUT2D eigenvalue weighted by molar-refractivity contribution is 6.14. The average molecular weight is 473 g/mol. The molecule has 4 N–H and O–H groups in total. The lowest BCUT2D eigenvalue weighted by atomic mass is 9.82. The number of fused-ring (bicyclic) bond motifs is 3. The molecule has 0 amide bonds. The molecule has 1 aliphatic rings. The molecule has 4 aromatic rings. The van der Waals surface area contributed by atoms with E-state index in [1.54, 1.807) is 0 Å². The first-order chi connectivity index (χ1) is 16.9. The third-order valence-electron chi connectivity index (χ3n) is 7.18. The fourth-order valence-corrected chi connectivity index (χ4v) is 5.20. The second-order valence-corrected chi connectivity index (χ2v) is 12.0. The Bertz CT molecular complexity index is 1410. The second kappa shape index (κ2) is 8.41. The fraction of sp³-hybridized carbons (Fsp3) is 0.235. The van der Waals surface area contributed by atoms with Crippen molar-refractivity contribution in [3.63, 3.8) is 0 Å². The predicted octanol–water partition coefficient (Wildman–Crippen LogP) is 8.43. The van der Waals surface area contributed by atoms with Gasteiger partial charge in [-0.2, -0.15) is 0 Å². The number of rotatable bonds is 2. The average Bonchev–Trinajstić information content (AvgIpc) is 3.11. The van der Waals surface area contributed by atoms with Crippen molar-refractivity contribution in [2.75, 3.05) is 11.5 Å². The van der Waals surface area contributed by atoms with Crippen LogP contribution >= 0.6 is 0 Å². The Kier molecular flexibility index (Phi) is 5.59. The molecule has 182 valence electrons. The Balaban J connectivity index is 1.95. The molecule has 0 spiro atoms. The van der Waals surface area contributed by atoms with E-state index in [0.29, 0.717) is 11.4 Å². The van der Waals surface area contributed by atoms with Crippen LogP contribution in [-0.2, 0) is 10.8 Å². The molecule has 2 nitrogen and oxygen atoms in total. The van der Waals surface area contributed by atoms with E-state index in [1.807, 2.05) is 18.2 Å². The van der Waals surface area contributed by atoms with E-state index in [2.05, 4.69) is 108 Å². The number of nitrogens with two attached hydrogens (primary N) is 2. The molecule has 0 fully saturated rings. The van der Waals surface area contributed by atoms with Crippen molar-refractivity contribution < 1.29 is 0 Å². The van der Waals surface area contributed by atoms with Gasteiger partial charge in [-0.15, -0.1) is 0 Å². The molecule has 0 radical (unpaired) electrons. The van der Waals surface area contributed by atoms with E-state index in [0.717, 1.165) is 16.7 Å². The molecule has 0 aromatic heterocycles. The van der Waals surface area contributed by atoms with E-state index >= 15 is 0 Å². The maximum Gasteiger partial charge on any atom is 0.0340 e. The van der Waals surface area contributed by atoms with E-state index in [4.69, 9.17) is 11.5 Å². The standard InChI is InChI=1S/C34H36N2/c1-33(2,3)23-12-14-27-28-15-13-24(34(4,5)6)19-30(28)32(29(27)18-23)31(21-10-8-7-9-11-21)22-16-25(35)20-26(36)17-22/h7-20H,35-36H2,1-6H3. The van der Waals surface area contributed by atoms with Crippen molar-refractivity contribution in [3.8, 4) is 11.1 Å². The second-order valence-electron chi connectivity index (χ2n) is 12.0. The summed E-state index contributed by atoms with van der Waals surface area (Å²) in [7, 11) is 0. The van der Waals surface area contributed by atoms with Crippen LogP contribution < -0.4 is 11.5 Å². The van der Waals surface area contributed by atoms with Gasteiger partial charge in [0, 0.05) is 11.4 Å². The molecule has 1 aliphatic carbocycles. The first-order valence-electron chi connectivity index (χ1n) is 12.7. The number of hydrogen-bond acceptors (Lipinski definition) is 2. The van der Waals surface area contributed by atoms with E-state index < -0.39 is 0 Å². The van der Waals surface area contributed by atoms with Crippen LogP contribution in [0.1, 0.15) is 74.9 Å². The SMILES string of the molecule is CC(C)(C)c1ccc2c(c1)C(=C(c1ccccc1)c1cc(N)cc(N)c1)c1cc(C(C)(C)C)ccc1-2. The Labute approximate surface area is 215 Å². The molecule has 0 saturated heterocycles. The summed E-state index contributed by atoms with van der Waals surface area (Å²) in [6.07, 6.45) is 0. The number of anilines is 2. The van der Waals surface area contributed by atoms with Crippen molar-refractivity contribution in [3.05, 3.63) is 118 Å². The van der Waals surface area contributed by atoms with Gasteiger partial charge < -0.3 is 11.5 Å². The van der Waals surface area contributed by atoms with E-state index in [1.165, 1.54) is 39.0 Å². The zero-order valence-electron chi connectivity index (χ0n) is 22.2. The topological polar surface area (TPSA) is 52.0 Å². The zero-order valence-corrected chi connectivity index (χ0v) is 22.2. The molecule has 5 rings (SSSR count). The van der Waals surface area contributed by atoms with Crippen molar-refractivity contribution >= 4 is 22.5 Å². The Morgan fingerprint density at radius 3 is 1.42 bits per heavy atom.